The molecule has 0 spiro atoms. The largest absolute Gasteiger partial charge is 0.453 e. The van der Waals surface area contributed by atoms with E-state index < -0.39 is 0 Å². The molecule has 0 aliphatic carbocycles. The lowest BCUT2D eigenvalue weighted by Gasteiger charge is -2.09. The second kappa shape index (κ2) is 10.0. The third kappa shape index (κ3) is 4.03. The van der Waals surface area contributed by atoms with Gasteiger partial charge in [0, 0.05) is 60.3 Å². The van der Waals surface area contributed by atoms with Crippen molar-refractivity contribution in [3.05, 3.63) is 146 Å². The maximum absolute atomic E-state index is 6.84. The molecule has 8 aromatic rings. The Hall–Kier alpha value is -6.46. The number of nitrogens with one attached hydrogen (secondary N) is 2. The van der Waals surface area contributed by atoms with Gasteiger partial charge in [0.25, 0.3) is 0 Å². The molecule has 3 aromatic heterocycles. The van der Waals surface area contributed by atoms with Gasteiger partial charge in [0.15, 0.2) is 5.75 Å². The van der Waals surface area contributed by atoms with Crippen LogP contribution in [0.3, 0.4) is 0 Å². The van der Waals surface area contributed by atoms with Crippen LogP contribution < -0.4 is 4.74 Å². The second-order valence-corrected chi connectivity index (χ2v) is 12.0. The zero-order chi connectivity index (χ0) is 30.9. The number of para-hydroxylation sites is 1. The molecule has 5 nitrogen and oxygen atoms in total. The maximum atomic E-state index is 6.84. The summed E-state index contributed by atoms with van der Waals surface area (Å²) in [5.74, 6) is 1.41. The molecule has 5 heteroatoms. The molecule has 0 saturated carbocycles. The van der Waals surface area contributed by atoms with Crippen LogP contribution in [0.15, 0.2) is 146 Å². The average molecular weight is 603 g/mol. The standard InChI is InChI=1S/C42H26N4O/c1-2-12-25(13-3-1)47-42-40-32-20-10-8-18-30(32)38(45-40)23-36-28-16-6-4-14-26(28)34(43-36)22-35-27-15-5-7-17-29(27)37(44-35)24-39-31-19-9-11-21-33(31)41(42)46-39/h1-24,43,46H. The SMILES string of the molecule is c1ccc(Oc2c3nc(cc4[nH]c(cc5nc(cc6[nH]c2c2ccccc62)-c2ccccc2-5)c2ccccc42)-c2ccccc2-3)cc1. The van der Waals surface area contributed by atoms with Crippen molar-refractivity contribution in [2.75, 3.05) is 0 Å². The minimum atomic E-state index is 0.668. The Labute approximate surface area is 269 Å². The van der Waals surface area contributed by atoms with Crippen LogP contribution in [0, 0.1) is 0 Å². The molecule has 220 valence electrons. The summed E-state index contributed by atoms with van der Waals surface area (Å²) in [6.45, 7) is 0. The summed E-state index contributed by atoms with van der Waals surface area (Å²) in [5, 5.41) is 4.40. The van der Waals surface area contributed by atoms with Gasteiger partial charge in [-0.05, 0) is 30.3 Å². The zero-order valence-corrected chi connectivity index (χ0v) is 25.2. The molecule has 10 rings (SSSR count). The normalized spacial score (nSPS) is 11.8. The molecule has 5 heterocycles. The van der Waals surface area contributed by atoms with E-state index in [2.05, 4.69) is 125 Å². The van der Waals surface area contributed by atoms with E-state index >= 15 is 0 Å². The van der Waals surface area contributed by atoms with Crippen molar-refractivity contribution in [2.24, 2.45) is 0 Å². The molecule has 8 bridgehead atoms. The van der Waals surface area contributed by atoms with Crippen molar-refractivity contribution in [3.8, 4) is 56.5 Å². The van der Waals surface area contributed by atoms with E-state index in [-0.39, 0.29) is 0 Å². The molecule has 0 fully saturated rings. The summed E-state index contributed by atoms with van der Waals surface area (Å²) >= 11 is 0. The van der Waals surface area contributed by atoms with Gasteiger partial charge in [-0.15, -0.1) is 0 Å². The molecular formula is C42H26N4O. The maximum Gasteiger partial charge on any atom is 0.177 e. The molecule has 2 aliphatic rings. The molecule has 0 radical (unpaired) electrons. The van der Waals surface area contributed by atoms with Gasteiger partial charge >= 0.3 is 0 Å². The first-order valence-corrected chi connectivity index (χ1v) is 15.8. The summed E-state index contributed by atoms with van der Waals surface area (Å²) in [5.41, 5.74) is 11.6. The number of hydrogen-bond acceptors (Lipinski definition) is 3. The zero-order valence-electron chi connectivity index (χ0n) is 25.2. The number of fused-ring (bicyclic) bond motifs is 20. The van der Waals surface area contributed by atoms with Gasteiger partial charge in [0.2, 0.25) is 0 Å². The van der Waals surface area contributed by atoms with Gasteiger partial charge in [-0.1, -0.05) is 115 Å². The molecule has 0 unspecified atom stereocenters. The number of ether oxygens (including phenoxy) is 1. The topological polar surface area (TPSA) is 66.6 Å². The molecule has 0 saturated heterocycles. The van der Waals surface area contributed by atoms with E-state index in [0.29, 0.717) is 5.75 Å². The van der Waals surface area contributed by atoms with Crippen molar-refractivity contribution >= 4 is 43.6 Å². The van der Waals surface area contributed by atoms with Crippen molar-refractivity contribution in [3.63, 3.8) is 0 Å². The van der Waals surface area contributed by atoms with E-state index in [1.807, 2.05) is 30.3 Å². The number of rotatable bonds is 2. The fraction of sp³-hybridized carbons (Fsp3) is 0. The molecule has 47 heavy (non-hydrogen) atoms. The van der Waals surface area contributed by atoms with Crippen LogP contribution in [0.1, 0.15) is 0 Å². The van der Waals surface area contributed by atoms with Crippen molar-refractivity contribution < 1.29 is 4.74 Å². The Morgan fingerprint density at radius 2 is 0.851 bits per heavy atom. The molecule has 0 atom stereocenters. The molecule has 2 N–H and O–H groups in total. The lowest BCUT2D eigenvalue weighted by atomic mass is 10.0. The van der Waals surface area contributed by atoms with Crippen molar-refractivity contribution in [1.29, 1.82) is 0 Å². The molecule has 5 aromatic carbocycles. The van der Waals surface area contributed by atoms with Crippen LogP contribution in [0.25, 0.3) is 88.6 Å². The monoisotopic (exact) mass is 602 g/mol. The Balaban J connectivity index is 1.44. The summed E-state index contributed by atoms with van der Waals surface area (Å²) in [6, 6.07) is 50.2. The van der Waals surface area contributed by atoms with Crippen LogP contribution in [0.2, 0.25) is 0 Å². The Morgan fingerprint density at radius 1 is 0.404 bits per heavy atom. The quantitative estimate of drug-likeness (QED) is 0.207. The van der Waals surface area contributed by atoms with E-state index in [0.717, 1.165) is 94.4 Å². The van der Waals surface area contributed by atoms with Crippen molar-refractivity contribution in [2.45, 2.75) is 0 Å². The first-order chi connectivity index (χ1) is 23.3. The summed E-state index contributed by atoms with van der Waals surface area (Å²) < 4.78 is 6.84. The van der Waals surface area contributed by atoms with Gasteiger partial charge in [-0.25, -0.2) is 9.97 Å². The highest BCUT2D eigenvalue weighted by molar-refractivity contribution is 6.12. The van der Waals surface area contributed by atoms with Crippen molar-refractivity contribution in [1.82, 2.24) is 19.9 Å². The van der Waals surface area contributed by atoms with E-state index in [4.69, 9.17) is 14.7 Å². The minimum Gasteiger partial charge on any atom is -0.453 e. The smallest absolute Gasteiger partial charge is 0.177 e. The highest BCUT2D eigenvalue weighted by atomic mass is 16.5. The highest BCUT2D eigenvalue weighted by Gasteiger charge is 2.24. The second-order valence-electron chi connectivity index (χ2n) is 12.0. The summed E-state index contributed by atoms with van der Waals surface area (Å²) in [7, 11) is 0. The van der Waals surface area contributed by atoms with Gasteiger partial charge in [-0.3, -0.25) is 0 Å². The lowest BCUT2D eigenvalue weighted by molar-refractivity contribution is 0.488. The summed E-state index contributed by atoms with van der Waals surface area (Å²) in [4.78, 5) is 18.1. The van der Waals surface area contributed by atoms with E-state index in [1.165, 1.54) is 0 Å². The number of aromatic amines is 2. The number of benzene rings is 5. The Bertz CT molecular complexity index is 2720. The third-order valence-corrected chi connectivity index (χ3v) is 9.18. The highest BCUT2D eigenvalue weighted by Crippen LogP contribution is 2.45. The lowest BCUT2D eigenvalue weighted by Crippen LogP contribution is -1.89. The first-order valence-electron chi connectivity index (χ1n) is 15.8. The van der Waals surface area contributed by atoms with Crippen LogP contribution in [0.5, 0.6) is 11.5 Å². The van der Waals surface area contributed by atoms with E-state index in [1.54, 1.807) is 0 Å². The van der Waals surface area contributed by atoms with Gasteiger partial charge in [0.05, 0.1) is 22.6 Å². The first kappa shape index (κ1) is 25.8. The molecule has 2 aliphatic heterocycles. The summed E-state index contributed by atoms with van der Waals surface area (Å²) in [6.07, 6.45) is 0. The Kier molecular flexibility index (Phi) is 5.51. The van der Waals surface area contributed by atoms with Crippen LogP contribution in [0.4, 0.5) is 0 Å². The van der Waals surface area contributed by atoms with Crippen LogP contribution in [-0.2, 0) is 0 Å². The minimum absolute atomic E-state index is 0.668. The number of hydrogen-bond donors (Lipinski definition) is 2. The Morgan fingerprint density at radius 3 is 1.47 bits per heavy atom. The molecule has 0 amide bonds. The predicted molar refractivity (Wildman–Crippen MR) is 191 cm³/mol. The third-order valence-electron chi connectivity index (χ3n) is 9.18. The number of aromatic nitrogens is 4. The number of H-pyrrole nitrogens is 2. The number of nitrogens with zero attached hydrogens (tertiary/aromatic N) is 2. The predicted octanol–water partition coefficient (Wildman–Crippen LogP) is 11.1. The molecular weight excluding hydrogens is 576 g/mol. The van der Waals surface area contributed by atoms with Gasteiger partial charge in [0.1, 0.15) is 11.4 Å². The van der Waals surface area contributed by atoms with Crippen LogP contribution >= 0.6 is 0 Å². The van der Waals surface area contributed by atoms with E-state index in [9.17, 15) is 0 Å². The van der Waals surface area contributed by atoms with Gasteiger partial charge in [-0.2, -0.15) is 0 Å². The fourth-order valence-corrected chi connectivity index (χ4v) is 7.03. The fourth-order valence-electron chi connectivity index (χ4n) is 7.03. The van der Waals surface area contributed by atoms with Gasteiger partial charge < -0.3 is 14.7 Å². The average Bonchev–Trinajstić information content (AvgIpc) is 3.87. The van der Waals surface area contributed by atoms with Crippen LogP contribution in [-0.4, -0.2) is 19.9 Å².